The predicted molar refractivity (Wildman–Crippen MR) is 48.2 cm³/mol. The summed E-state index contributed by atoms with van der Waals surface area (Å²) in [6, 6.07) is 3.47. The molecule has 0 fully saturated rings. The largest absolute Gasteiger partial charge is 0.481 e. The number of carboxylic acid groups (broad SMARTS) is 1. The summed E-state index contributed by atoms with van der Waals surface area (Å²) in [5.41, 5.74) is 5.64. The van der Waals surface area contributed by atoms with Crippen molar-refractivity contribution < 1.29 is 9.90 Å². The fourth-order valence-corrected chi connectivity index (χ4v) is 1.82. The number of nitrogens with two attached hydrogens (primary N) is 1. The van der Waals surface area contributed by atoms with E-state index < -0.39 is 5.97 Å². The molecule has 1 rings (SSSR count). The molecule has 66 valence electrons. The van der Waals surface area contributed by atoms with Gasteiger partial charge in [-0.15, -0.1) is 11.3 Å². The van der Waals surface area contributed by atoms with E-state index in [1.54, 1.807) is 11.3 Å². The number of hydrogen-bond donors (Lipinski definition) is 2. The van der Waals surface area contributed by atoms with Crippen LogP contribution in [0.3, 0.4) is 0 Å². The summed E-state index contributed by atoms with van der Waals surface area (Å²) in [4.78, 5) is 12.4. The number of aliphatic carboxylic acids is 1. The fraction of sp³-hybridized carbons (Fsp3) is 0.375. The van der Waals surface area contributed by atoms with Crippen LogP contribution in [0, 0.1) is 6.92 Å². The monoisotopic (exact) mass is 185 g/mol. The number of thiophene rings is 1. The molecule has 4 heteroatoms. The van der Waals surface area contributed by atoms with Crippen LogP contribution in [0.4, 0.5) is 0 Å². The predicted octanol–water partition coefficient (Wildman–Crippen LogP) is 1.53. The number of aryl methyl sites for hydroxylation is 1. The Morgan fingerprint density at radius 1 is 1.75 bits per heavy atom. The smallest absolute Gasteiger partial charge is 0.305 e. The summed E-state index contributed by atoms with van der Waals surface area (Å²) in [5, 5.41) is 8.48. The lowest BCUT2D eigenvalue weighted by Crippen LogP contribution is -2.13. The molecule has 0 aliphatic heterocycles. The molecule has 0 amide bonds. The Balaban J connectivity index is 2.64. The van der Waals surface area contributed by atoms with E-state index in [0.717, 1.165) is 9.75 Å². The topological polar surface area (TPSA) is 63.3 Å². The highest BCUT2D eigenvalue weighted by Gasteiger charge is 2.11. The van der Waals surface area contributed by atoms with Crippen molar-refractivity contribution in [1.29, 1.82) is 0 Å². The standard InChI is InChI=1S/C8H11NO2S/c1-5-2-3-7(12-5)6(9)4-8(10)11/h2-3,6H,4,9H2,1H3,(H,10,11). The van der Waals surface area contributed by atoms with Gasteiger partial charge in [-0.25, -0.2) is 0 Å². The highest BCUT2D eigenvalue weighted by molar-refractivity contribution is 7.12. The molecular weight excluding hydrogens is 174 g/mol. The SMILES string of the molecule is Cc1ccc(C(N)CC(=O)O)s1. The molecule has 0 saturated carbocycles. The van der Waals surface area contributed by atoms with Gasteiger partial charge in [-0.05, 0) is 19.1 Å². The average molecular weight is 185 g/mol. The minimum Gasteiger partial charge on any atom is -0.481 e. The first-order chi connectivity index (χ1) is 5.59. The second-order valence-electron chi connectivity index (χ2n) is 2.65. The molecule has 12 heavy (non-hydrogen) atoms. The van der Waals surface area contributed by atoms with Crippen molar-refractivity contribution in [3.05, 3.63) is 21.9 Å². The molecule has 0 spiro atoms. The molecule has 0 bridgehead atoms. The maximum absolute atomic E-state index is 10.3. The third kappa shape index (κ3) is 2.32. The second-order valence-corrected chi connectivity index (χ2v) is 3.97. The molecule has 1 heterocycles. The van der Waals surface area contributed by atoms with Gasteiger partial charge in [-0.2, -0.15) is 0 Å². The van der Waals surface area contributed by atoms with Gasteiger partial charge >= 0.3 is 5.97 Å². The van der Waals surface area contributed by atoms with Crippen molar-refractivity contribution in [2.45, 2.75) is 19.4 Å². The number of carboxylic acids is 1. The molecule has 0 aliphatic carbocycles. The Morgan fingerprint density at radius 2 is 2.42 bits per heavy atom. The van der Waals surface area contributed by atoms with E-state index in [1.807, 2.05) is 19.1 Å². The highest BCUT2D eigenvalue weighted by atomic mass is 32.1. The zero-order valence-electron chi connectivity index (χ0n) is 6.78. The first-order valence-corrected chi connectivity index (χ1v) is 4.45. The second kappa shape index (κ2) is 3.69. The van der Waals surface area contributed by atoms with Gasteiger partial charge in [0.1, 0.15) is 0 Å². The van der Waals surface area contributed by atoms with Crippen LogP contribution in [0.2, 0.25) is 0 Å². The lowest BCUT2D eigenvalue weighted by atomic mass is 10.2. The van der Waals surface area contributed by atoms with Gasteiger partial charge in [0.05, 0.1) is 6.42 Å². The van der Waals surface area contributed by atoms with Gasteiger partial charge in [-0.1, -0.05) is 0 Å². The highest BCUT2D eigenvalue weighted by Crippen LogP contribution is 2.22. The van der Waals surface area contributed by atoms with Crippen LogP contribution in [0.15, 0.2) is 12.1 Å². The Morgan fingerprint density at radius 3 is 2.83 bits per heavy atom. The van der Waals surface area contributed by atoms with Crippen LogP contribution in [-0.2, 0) is 4.79 Å². The van der Waals surface area contributed by atoms with Crippen LogP contribution in [0.25, 0.3) is 0 Å². The van der Waals surface area contributed by atoms with Crippen molar-refractivity contribution in [3.63, 3.8) is 0 Å². The van der Waals surface area contributed by atoms with Gasteiger partial charge in [-0.3, -0.25) is 4.79 Å². The molecule has 0 saturated heterocycles. The van der Waals surface area contributed by atoms with E-state index in [2.05, 4.69) is 0 Å². The molecule has 1 aromatic rings. The number of hydrogen-bond acceptors (Lipinski definition) is 3. The maximum Gasteiger partial charge on any atom is 0.305 e. The maximum atomic E-state index is 10.3. The molecule has 1 aromatic heterocycles. The molecule has 3 nitrogen and oxygen atoms in total. The lowest BCUT2D eigenvalue weighted by Gasteiger charge is -2.04. The van der Waals surface area contributed by atoms with Crippen LogP contribution in [0.1, 0.15) is 22.2 Å². The van der Waals surface area contributed by atoms with E-state index in [9.17, 15) is 4.79 Å². The molecule has 0 aromatic carbocycles. The molecular formula is C8H11NO2S. The Labute approximate surface area is 74.8 Å². The third-order valence-corrected chi connectivity index (χ3v) is 2.65. The summed E-state index contributed by atoms with van der Waals surface area (Å²) in [6.45, 7) is 1.97. The minimum absolute atomic E-state index is 0.0000463. The van der Waals surface area contributed by atoms with Crippen molar-refractivity contribution in [3.8, 4) is 0 Å². The van der Waals surface area contributed by atoms with Crippen LogP contribution < -0.4 is 5.73 Å². The Kier molecular flexibility index (Phi) is 2.83. The Hall–Kier alpha value is -0.870. The third-order valence-electron chi connectivity index (χ3n) is 1.52. The number of rotatable bonds is 3. The normalized spacial score (nSPS) is 12.8. The van der Waals surface area contributed by atoms with E-state index in [1.165, 1.54) is 0 Å². The van der Waals surface area contributed by atoms with E-state index >= 15 is 0 Å². The van der Waals surface area contributed by atoms with Gasteiger partial charge in [0.15, 0.2) is 0 Å². The van der Waals surface area contributed by atoms with Crippen molar-refractivity contribution >= 4 is 17.3 Å². The molecule has 3 N–H and O–H groups in total. The summed E-state index contributed by atoms with van der Waals surface area (Å²) in [7, 11) is 0. The van der Waals surface area contributed by atoms with Crippen molar-refractivity contribution in [2.75, 3.05) is 0 Å². The van der Waals surface area contributed by atoms with Gasteiger partial charge in [0.25, 0.3) is 0 Å². The summed E-state index contributed by atoms with van der Waals surface area (Å²) < 4.78 is 0. The van der Waals surface area contributed by atoms with E-state index in [0.29, 0.717) is 0 Å². The minimum atomic E-state index is -0.853. The summed E-state index contributed by atoms with van der Waals surface area (Å²) in [5.74, 6) is -0.853. The molecule has 1 unspecified atom stereocenters. The van der Waals surface area contributed by atoms with Crippen LogP contribution in [-0.4, -0.2) is 11.1 Å². The first kappa shape index (κ1) is 9.22. The molecule has 1 atom stereocenters. The summed E-state index contributed by atoms with van der Waals surface area (Å²) in [6.07, 6.45) is -0.0000463. The molecule has 0 radical (unpaired) electrons. The quantitative estimate of drug-likeness (QED) is 0.750. The van der Waals surface area contributed by atoms with Gasteiger partial charge < -0.3 is 10.8 Å². The zero-order chi connectivity index (χ0) is 9.14. The van der Waals surface area contributed by atoms with Crippen LogP contribution >= 0.6 is 11.3 Å². The van der Waals surface area contributed by atoms with Crippen LogP contribution in [0.5, 0.6) is 0 Å². The average Bonchev–Trinajstić information content (AvgIpc) is 2.34. The van der Waals surface area contributed by atoms with Gasteiger partial charge in [0, 0.05) is 15.8 Å². The van der Waals surface area contributed by atoms with Gasteiger partial charge in [0.2, 0.25) is 0 Å². The van der Waals surface area contributed by atoms with E-state index in [-0.39, 0.29) is 12.5 Å². The summed E-state index contributed by atoms with van der Waals surface area (Å²) >= 11 is 1.55. The van der Waals surface area contributed by atoms with E-state index in [4.69, 9.17) is 10.8 Å². The first-order valence-electron chi connectivity index (χ1n) is 3.63. The fourth-order valence-electron chi connectivity index (χ4n) is 0.941. The Bertz CT molecular complexity index is 282. The zero-order valence-corrected chi connectivity index (χ0v) is 7.60. The lowest BCUT2D eigenvalue weighted by molar-refractivity contribution is -0.137. The van der Waals surface area contributed by atoms with Crippen molar-refractivity contribution in [2.24, 2.45) is 5.73 Å². The number of carbonyl (C=O) groups is 1. The molecule has 0 aliphatic rings. The van der Waals surface area contributed by atoms with Crippen molar-refractivity contribution in [1.82, 2.24) is 0 Å².